The van der Waals surface area contributed by atoms with E-state index in [9.17, 15) is 4.79 Å². The second-order valence-corrected chi connectivity index (χ2v) is 5.09. The Labute approximate surface area is 160 Å². The molecule has 0 spiro atoms. The van der Waals surface area contributed by atoms with Gasteiger partial charge in [-0.1, -0.05) is 12.1 Å². The molecule has 5 heteroatoms. The van der Waals surface area contributed by atoms with Gasteiger partial charge in [0, 0.05) is 5.39 Å². The fourth-order valence-corrected chi connectivity index (χ4v) is 2.21. The summed E-state index contributed by atoms with van der Waals surface area (Å²) < 4.78 is 5.37. The van der Waals surface area contributed by atoms with Crippen LogP contribution in [0, 0.1) is 63.7 Å². The van der Waals surface area contributed by atoms with Crippen molar-refractivity contribution >= 4 is 22.7 Å². The van der Waals surface area contributed by atoms with Crippen molar-refractivity contribution in [2.24, 2.45) is 0 Å². The number of nitrogen functional groups attached to an aromatic ring is 1. The third-order valence-corrected chi connectivity index (χ3v) is 3.36. The molecule has 1 aromatic heterocycles. The zero-order valence-electron chi connectivity index (χ0n) is 13.3. The standard InChI is InChI=1S/C15H11N2O2.C5H5.Fe/c16-13-9-8-10-6-3-7-12(14(10)17-13)19-15(18)11-4-1-2-5-11;1-2-4-5-3-1;/h1-9H,(H2,16,17);1-5H;/q;;+2. The van der Waals surface area contributed by atoms with Gasteiger partial charge in [0.2, 0.25) is 0 Å². The van der Waals surface area contributed by atoms with E-state index in [0.717, 1.165) is 5.39 Å². The van der Waals surface area contributed by atoms with Crippen LogP contribution >= 0.6 is 0 Å². The summed E-state index contributed by atoms with van der Waals surface area (Å²) in [7, 11) is 0. The van der Waals surface area contributed by atoms with Gasteiger partial charge in [-0.3, -0.25) is 4.79 Å². The van der Waals surface area contributed by atoms with Crippen LogP contribution in [0.4, 0.5) is 5.82 Å². The molecule has 0 saturated heterocycles. The van der Waals surface area contributed by atoms with Crippen molar-refractivity contribution in [1.29, 1.82) is 0 Å². The molecule has 2 fully saturated rings. The van der Waals surface area contributed by atoms with Crippen LogP contribution in [0.25, 0.3) is 10.9 Å². The maximum absolute atomic E-state index is 11.9. The van der Waals surface area contributed by atoms with Gasteiger partial charge in [0.15, 0.2) is 5.75 Å². The van der Waals surface area contributed by atoms with Crippen molar-refractivity contribution < 1.29 is 26.6 Å². The van der Waals surface area contributed by atoms with Gasteiger partial charge in [0.25, 0.3) is 0 Å². The number of ether oxygens (including phenoxy) is 1. The molecule has 4 rings (SSSR count). The first-order valence-corrected chi connectivity index (χ1v) is 7.50. The van der Waals surface area contributed by atoms with Crippen molar-refractivity contribution in [3.63, 3.8) is 0 Å². The van der Waals surface area contributed by atoms with Crippen molar-refractivity contribution in [2.45, 2.75) is 0 Å². The number of hydrogen-bond acceptors (Lipinski definition) is 4. The zero-order valence-corrected chi connectivity index (χ0v) is 14.4. The number of fused-ring (bicyclic) bond motifs is 1. The number of rotatable bonds is 2. The first-order valence-electron chi connectivity index (χ1n) is 7.50. The largest absolute Gasteiger partial charge is 2.00 e. The van der Waals surface area contributed by atoms with Gasteiger partial charge in [-0.25, -0.2) is 4.98 Å². The van der Waals surface area contributed by atoms with Gasteiger partial charge in [0.05, 0.1) is 5.92 Å². The Balaban J connectivity index is 0.000000325. The van der Waals surface area contributed by atoms with Gasteiger partial charge >= 0.3 is 23.0 Å². The molecule has 0 amide bonds. The minimum absolute atomic E-state index is 0. The van der Waals surface area contributed by atoms with E-state index in [4.69, 9.17) is 10.5 Å². The molecule has 124 valence electrons. The Morgan fingerprint density at radius 1 is 0.880 bits per heavy atom. The smallest absolute Gasteiger partial charge is 0.424 e. The van der Waals surface area contributed by atoms with Crippen LogP contribution in [0.15, 0.2) is 30.3 Å². The topological polar surface area (TPSA) is 65.2 Å². The molecule has 0 atom stereocenters. The molecule has 0 aliphatic heterocycles. The molecule has 2 saturated carbocycles. The summed E-state index contributed by atoms with van der Waals surface area (Å²) >= 11 is 0. The second kappa shape index (κ2) is 9.79. The molecule has 1 heterocycles. The molecule has 10 radical (unpaired) electrons. The maximum atomic E-state index is 11.9. The summed E-state index contributed by atoms with van der Waals surface area (Å²) in [6.07, 6.45) is 17.0. The van der Waals surface area contributed by atoms with Crippen LogP contribution in [0.5, 0.6) is 5.75 Å². The SMILES string of the molecule is Nc1ccc2cccc(OC(=O)[C]3[CH][CH][CH][CH]3)c2n1.[CH]1[CH][CH][CH][CH]1.[Fe+2]. The molecule has 2 aliphatic rings. The molecule has 4 nitrogen and oxygen atoms in total. The number of nitrogens with two attached hydrogens (primary N) is 1. The van der Waals surface area contributed by atoms with Gasteiger partial charge < -0.3 is 10.5 Å². The predicted octanol–water partition coefficient (Wildman–Crippen LogP) is 3.15. The Morgan fingerprint density at radius 3 is 2.16 bits per heavy atom. The molecular formula is C20H16FeN2O2+2. The summed E-state index contributed by atoms with van der Waals surface area (Å²) in [6, 6.07) is 8.97. The minimum atomic E-state index is -0.401. The molecule has 0 unspecified atom stereocenters. The zero-order chi connectivity index (χ0) is 16.8. The monoisotopic (exact) mass is 372 g/mol. The van der Waals surface area contributed by atoms with Crippen molar-refractivity contribution in [2.75, 3.05) is 5.73 Å². The molecule has 0 bridgehead atoms. The van der Waals surface area contributed by atoms with E-state index in [0.29, 0.717) is 23.0 Å². The molecular weight excluding hydrogens is 356 g/mol. The van der Waals surface area contributed by atoms with E-state index in [2.05, 4.69) is 4.98 Å². The van der Waals surface area contributed by atoms with Gasteiger partial charge in [-0.05, 0) is 76.0 Å². The third kappa shape index (κ3) is 5.45. The molecule has 2 aliphatic carbocycles. The van der Waals surface area contributed by atoms with Crippen LogP contribution < -0.4 is 10.5 Å². The number of para-hydroxylation sites is 1. The quantitative estimate of drug-likeness (QED) is 0.500. The number of hydrogen-bond donors (Lipinski definition) is 1. The number of benzene rings is 1. The average molecular weight is 372 g/mol. The third-order valence-electron chi connectivity index (χ3n) is 3.36. The first-order chi connectivity index (χ1) is 11.7. The first kappa shape index (κ1) is 19.7. The molecule has 2 aromatic rings. The number of carbonyl (C=O) groups excluding carboxylic acids is 1. The van der Waals surface area contributed by atoms with E-state index in [1.807, 2.05) is 50.3 Å². The van der Waals surface area contributed by atoms with E-state index >= 15 is 0 Å². The second-order valence-electron chi connectivity index (χ2n) is 5.09. The average Bonchev–Trinajstić information content (AvgIpc) is 3.31. The summed E-state index contributed by atoms with van der Waals surface area (Å²) in [5.74, 6) is 0.919. The normalized spacial score (nSPS) is 16.8. The van der Waals surface area contributed by atoms with Crippen molar-refractivity contribution in [3.05, 3.63) is 94.0 Å². The Kier molecular flexibility index (Phi) is 7.73. The molecule has 1 aromatic carbocycles. The van der Waals surface area contributed by atoms with Crippen LogP contribution in [0.3, 0.4) is 0 Å². The van der Waals surface area contributed by atoms with Crippen LogP contribution in [-0.4, -0.2) is 11.0 Å². The summed E-state index contributed by atoms with van der Waals surface area (Å²) in [5, 5.41) is 0.877. The maximum Gasteiger partial charge on any atom is 2.00 e. The van der Waals surface area contributed by atoms with Crippen molar-refractivity contribution in [3.8, 4) is 5.75 Å². The van der Waals surface area contributed by atoms with Crippen LogP contribution in [0.1, 0.15) is 0 Å². The number of aromatic nitrogens is 1. The van der Waals surface area contributed by atoms with Crippen molar-refractivity contribution in [1.82, 2.24) is 4.98 Å². The van der Waals surface area contributed by atoms with E-state index in [1.54, 1.807) is 37.8 Å². The Morgan fingerprint density at radius 2 is 1.52 bits per heavy atom. The number of anilines is 1. The van der Waals surface area contributed by atoms with Gasteiger partial charge in [0.1, 0.15) is 11.3 Å². The number of pyridine rings is 1. The Bertz CT molecular complexity index is 688. The minimum Gasteiger partial charge on any atom is -0.424 e. The van der Waals surface area contributed by atoms with Crippen LogP contribution in [0.2, 0.25) is 0 Å². The van der Waals surface area contributed by atoms with E-state index in [1.165, 1.54) is 0 Å². The number of nitrogens with zero attached hydrogens (tertiary/aromatic N) is 1. The van der Waals surface area contributed by atoms with Crippen LogP contribution in [-0.2, 0) is 21.9 Å². The summed E-state index contributed by atoms with van der Waals surface area (Å²) in [6.45, 7) is 0. The number of esters is 1. The number of carbonyl (C=O) groups is 1. The summed E-state index contributed by atoms with van der Waals surface area (Å²) in [4.78, 5) is 16.1. The molecule has 2 N–H and O–H groups in total. The van der Waals surface area contributed by atoms with E-state index in [-0.39, 0.29) is 17.1 Å². The molecule has 25 heavy (non-hydrogen) atoms. The fourth-order valence-electron chi connectivity index (χ4n) is 2.21. The van der Waals surface area contributed by atoms with E-state index < -0.39 is 5.97 Å². The van der Waals surface area contributed by atoms with Gasteiger partial charge in [-0.15, -0.1) is 0 Å². The summed E-state index contributed by atoms with van der Waals surface area (Å²) in [5.41, 5.74) is 6.25. The fraction of sp³-hybridized carbons (Fsp3) is 0. The van der Waals surface area contributed by atoms with Gasteiger partial charge in [-0.2, -0.15) is 0 Å². The Hall–Kier alpha value is -1.58. The predicted molar refractivity (Wildman–Crippen MR) is 93.7 cm³/mol.